The van der Waals surface area contributed by atoms with Crippen molar-refractivity contribution in [3.63, 3.8) is 0 Å². The van der Waals surface area contributed by atoms with Gasteiger partial charge in [0.2, 0.25) is 5.91 Å². The molecule has 1 N–H and O–H groups in total. The Hall–Kier alpha value is -2.28. The summed E-state index contributed by atoms with van der Waals surface area (Å²) in [6, 6.07) is 5.85. The topological polar surface area (TPSA) is 62.3 Å². The molecule has 0 atom stereocenters. The van der Waals surface area contributed by atoms with E-state index in [2.05, 4.69) is 10.3 Å². The fourth-order valence-electron chi connectivity index (χ4n) is 3.39. The van der Waals surface area contributed by atoms with E-state index < -0.39 is 0 Å². The molecule has 0 bridgehead atoms. The summed E-state index contributed by atoms with van der Waals surface area (Å²) >= 11 is 1.62. The smallest absolute Gasteiger partial charge is 0.253 e. The van der Waals surface area contributed by atoms with Crippen LogP contribution in [0.3, 0.4) is 0 Å². The van der Waals surface area contributed by atoms with E-state index in [0.29, 0.717) is 31.1 Å². The summed E-state index contributed by atoms with van der Waals surface area (Å²) in [7, 11) is 0. The van der Waals surface area contributed by atoms with E-state index in [0.717, 1.165) is 36.4 Å². The van der Waals surface area contributed by atoms with Gasteiger partial charge in [0.05, 0.1) is 17.2 Å². The molecule has 142 valence electrons. The van der Waals surface area contributed by atoms with Gasteiger partial charge in [0.25, 0.3) is 5.91 Å². The first-order valence-electron chi connectivity index (χ1n) is 9.37. The van der Waals surface area contributed by atoms with Crippen molar-refractivity contribution in [1.82, 2.24) is 15.2 Å². The van der Waals surface area contributed by atoms with Crippen molar-refractivity contribution < 1.29 is 14.0 Å². The number of benzene rings is 1. The highest BCUT2D eigenvalue weighted by Crippen LogP contribution is 2.31. The Bertz CT molecular complexity index is 841. The third-order valence-corrected chi connectivity index (χ3v) is 6.22. The van der Waals surface area contributed by atoms with Crippen molar-refractivity contribution in [2.75, 3.05) is 13.1 Å². The number of carbonyl (C=O) groups is 2. The number of halogens is 1. The third kappa shape index (κ3) is 4.35. The summed E-state index contributed by atoms with van der Waals surface area (Å²) < 4.78 is 13.3. The van der Waals surface area contributed by atoms with Crippen molar-refractivity contribution in [1.29, 1.82) is 0 Å². The zero-order chi connectivity index (χ0) is 18.8. The van der Waals surface area contributed by atoms with Crippen LogP contribution in [0.2, 0.25) is 0 Å². The van der Waals surface area contributed by atoms with E-state index in [-0.39, 0.29) is 23.5 Å². The van der Waals surface area contributed by atoms with Crippen LogP contribution in [0.15, 0.2) is 29.6 Å². The number of piperidine rings is 1. The number of rotatable bonds is 5. The minimum atomic E-state index is -0.389. The molecule has 1 saturated carbocycles. The highest BCUT2D eigenvalue weighted by Gasteiger charge is 2.30. The maximum atomic E-state index is 13.3. The molecule has 7 heteroatoms. The van der Waals surface area contributed by atoms with Gasteiger partial charge in [0, 0.05) is 35.9 Å². The van der Waals surface area contributed by atoms with E-state index in [9.17, 15) is 14.0 Å². The molecule has 1 aliphatic carbocycles. The van der Waals surface area contributed by atoms with Gasteiger partial charge in [-0.25, -0.2) is 9.37 Å². The number of hydrogen-bond acceptors (Lipinski definition) is 4. The van der Waals surface area contributed by atoms with Crippen LogP contribution in [0.1, 0.15) is 52.7 Å². The molecule has 1 aliphatic heterocycles. The number of amides is 2. The molecule has 0 unspecified atom stereocenters. The predicted molar refractivity (Wildman–Crippen MR) is 101 cm³/mol. The van der Waals surface area contributed by atoms with Gasteiger partial charge in [-0.1, -0.05) is 6.07 Å². The largest absolute Gasteiger partial charge is 0.350 e. The SMILES string of the molecule is O=C(NCc1csc(C2CCN(C(=O)c3cccc(F)c3)CC2)n1)C1CC1. The maximum absolute atomic E-state index is 13.3. The van der Waals surface area contributed by atoms with Crippen LogP contribution in [0.5, 0.6) is 0 Å². The van der Waals surface area contributed by atoms with Gasteiger partial charge in [0.1, 0.15) is 5.82 Å². The molecule has 2 aromatic rings. The number of thiazole rings is 1. The molecule has 0 radical (unpaired) electrons. The Balaban J connectivity index is 1.30. The Morgan fingerprint density at radius 2 is 2.00 bits per heavy atom. The van der Waals surface area contributed by atoms with E-state index in [4.69, 9.17) is 0 Å². The zero-order valence-electron chi connectivity index (χ0n) is 15.0. The van der Waals surface area contributed by atoms with Gasteiger partial charge in [-0.3, -0.25) is 9.59 Å². The molecule has 2 fully saturated rings. The first-order chi connectivity index (χ1) is 13.1. The molecule has 4 rings (SSSR count). The van der Waals surface area contributed by atoms with Gasteiger partial charge in [-0.2, -0.15) is 0 Å². The van der Waals surface area contributed by atoms with E-state index in [1.807, 2.05) is 5.38 Å². The number of nitrogens with one attached hydrogen (secondary N) is 1. The predicted octanol–water partition coefficient (Wildman–Crippen LogP) is 3.33. The Morgan fingerprint density at radius 3 is 2.70 bits per heavy atom. The summed E-state index contributed by atoms with van der Waals surface area (Å²) in [5, 5.41) is 6.02. The minimum Gasteiger partial charge on any atom is -0.350 e. The van der Waals surface area contributed by atoms with Gasteiger partial charge in [-0.15, -0.1) is 11.3 Å². The summed E-state index contributed by atoms with van der Waals surface area (Å²) in [6.07, 6.45) is 3.70. The van der Waals surface area contributed by atoms with Crippen LogP contribution in [0.25, 0.3) is 0 Å². The van der Waals surface area contributed by atoms with Crippen molar-refractivity contribution in [2.45, 2.75) is 38.1 Å². The minimum absolute atomic E-state index is 0.115. The van der Waals surface area contributed by atoms with Crippen molar-refractivity contribution >= 4 is 23.2 Å². The number of likely N-dealkylation sites (tertiary alicyclic amines) is 1. The van der Waals surface area contributed by atoms with Crippen LogP contribution in [0, 0.1) is 11.7 Å². The lowest BCUT2D eigenvalue weighted by atomic mass is 9.97. The Labute approximate surface area is 161 Å². The summed E-state index contributed by atoms with van der Waals surface area (Å²) in [5.41, 5.74) is 1.30. The van der Waals surface area contributed by atoms with Crippen LogP contribution >= 0.6 is 11.3 Å². The molecule has 1 saturated heterocycles. The second-order valence-corrected chi connectivity index (χ2v) is 8.14. The molecule has 27 heavy (non-hydrogen) atoms. The van der Waals surface area contributed by atoms with Gasteiger partial charge < -0.3 is 10.2 Å². The molecule has 5 nitrogen and oxygen atoms in total. The second kappa shape index (κ2) is 7.76. The van der Waals surface area contributed by atoms with Crippen molar-refractivity contribution in [3.8, 4) is 0 Å². The van der Waals surface area contributed by atoms with Gasteiger partial charge >= 0.3 is 0 Å². The Kier molecular flexibility index (Phi) is 5.20. The lowest BCUT2D eigenvalue weighted by Gasteiger charge is -2.31. The van der Waals surface area contributed by atoms with Crippen LogP contribution in [-0.4, -0.2) is 34.8 Å². The average molecular weight is 387 g/mol. The van der Waals surface area contributed by atoms with Gasteiger partial charge in [0.15, 0.2) is 0 Å². The molecular formula is C20H22FN3O2S. The standard InChI is InChI=1S/C20H22FN3O2S/c21-16-3-1-2-15(10-16)20(26)24-8-6-14(7-9-24)19-23-17(12-27-19)11-22-18(25)13-4-5-13/h1-3,10,12-14H,4-9,11H2,(H,22,25). The maximum Gasteiger partial charge on any atom is 0.253 e. The summed E-state index contributed by atoms with van der Waals surface area (Å²) in [6.45, 7) is 1.78. The summed E-state index contributed by atoms with van der Waals surface area (Å²) in [5.74, 6) is 0.173. The molecule has 0 spiro atoms. The number of hydrogen-bond donors (Lipinski definition) is 1. The number of aromatic nitrogens is 1. The van der Waals surface area contributed by atoms with E-state index in [1.165, 1.54) is 12.1 Å². The molecule has 2 amide bonds. The lowest BCUT2D eigenvalue weighted by molar-refractivity contribution is -0.122. The average Bonchev–Trinajstić information content (AvgIpc) is 3.44. The Morgan fingerprint density at radius 1 is 1.22 bits per heavy atom. The van der Waals surface area contributed by atoms with Crippen molar-refractivity contribution in [2.24, 2.45) is 5.92 Å². The van der Waals surface area contributed by atoms with Crippen LogP contribution in [-0.2, 0) is 11.3 Å². The normalized spacial score (nSPS) is 17.7. The highest BCUT2D eigenvalue weighted by atomic mass is 32.1. The summed E-state index contributed by atoms with van der Waals surface area (Å²) in [4.78, 5) is 30.7. The molecule has 2 aliphatic rings. The second-order valence-electron chi connectivity index (χ2n) is 7.25. The lowest BCUT2D eigenvalue weighted by Crippen LogP contribution is -2.38. The quantitative estimate of drug-likeness (QED) is 0.856. The molecule has 1 aromatic heterocycles. The number of nitrogens with zero attached hydrogens (tertiary/aromatic N) is 2. The molecule has 1 aromatic carbocycles. The van der Waals surface area contributed by atoms with Crippen molar-refractivity contribution in [3.05, 3.63) is 51.7 Å². The van der Waals surface area contributed by atoms with Crippen LogP contribution < -0.4 is 5.32 Å². The van der Waals surface area contributed by atoms with E-state index >= 15 is 0 Å². The zero-order valence-corrected chi connectivity index (χ0v) is 15.8. The fraction of sp³-hybridized carbons (Fsp3) is 0.450. The fourth-order valence-corrected chi connectivity index (χ4v) is 4.38. The highest BCUT2D eigenvalue weighted by molar-refractivity contribution is 7.09. The monoisotopic (exact) mass is 387 g/mol. The first-order valence-corrected chi connectivity index (χ1v) is 10.2. The number of carbonyl (C=O) groups excluding carboxylic acids is 2. The first kappa shape index (κ1) is 18.1. The van der Waals surface area contributed by atoms with Crippen LogP contribution in [0.4, 0.5) is 4.39 Å². The molecular weight excluding hydrogens is 365 g/mol. The van der Waals surface area contributed by atoms with E-state index in [1.54, 1.807) is 28.4 Å². The van der Waals surface area contributed by atoms with Gasteiger partial charge in [-0.05, 0) is 43.9 Å². The third-order valence-electron chi connectivity index (χ3n) is 5.16. The molecule has 2 heterocycles.